The molecule has 0 radical (unpaired) electrons. The number of amides is 1. The van der Waals surface area contributed by atoms with Crippen LogP contribution in [0, 0.1) is 6.92 Å². The van der Waals surface area contributed by atoms with Crippen molar-refractivity contribution in [2.75, 3.05) is 31.1 Å². The van der Waals surface area contributed by atoms with Crippen molar-refractivity contribution < 1.29 is 4.79 Å². The van der Waals surface area contributed by atoms with Crippen molar-refractivity contribution in [3.8, 4) is 0 Å². The number of nitrogens with zero attached hydrogens (tertiary/aromatic N) is 3. The Balaban J connectivity index is 1.33. The summed E-state index contributed by atoms with van der Waals surface area (Å²) in [6, 6.07) is 16.3. The Bertz CT molecular complexity index is 1100. The number of para-hydroxylation sites is 2. The number of piperazine rings is 1. The number of carbonyl (C=O) groups is 1. The minimum absolute atomic E-state index is 0.0904. The van der Waals surface area contributed by atoms with Crippen LogP contribution in [0.15, 0.2) is 48.5 Å². The highest BCUT2D eigenvalue weighted by atomic mass is 32.1. The van der Waals surface area contributed by atoms with Gasteiger partial charge in [0.1, 0.15) is 5.69 Å². The molecule has 4 aromatic rings. The number of hydrogen-bond acceptors (Lipinski definition) is 4. The molecule has 0 aliphatic carbocycles. The van der Waals surface area contributed by atoms with Gasteiger partial charge in [0.25, 0.3) is 5.91 Å². The van der Waals surface area contributed by atoms with Gasteiger partial charge < -0.3 is 14.8 Å². The Morgan fingerprint density at radius 3 is 2.56 bits per heavy atom. The zero-order valence-electron chi connectivity index (χ0n) is 15.1. The molecule has 5 rings (SSSR count). The number of aromatic amines is 1. The Labute approximate surface area is 161 Å². The van der Waals surface area contributed by atoms with E-state index in [1.54, 1.807) is 11.3 Å². The second kappa shape index (κ2) is 6.39. The van der Waals surface area contributed by atoms with Crippen LogP contribution in [0.1, 0.15) is 16.1 Å². The molecule has 0 bridgehead atoms. The van der Waals surface area contributed by atoms with Gasteiger partial charge >= 0.3 is 0 Å². The SMILES string of the molecule is Cc1c(C(=O)N2CCN(c3nc4ccccc4s3)CC2)[nH]c2ccccc12. The summed E-state index contributed by atoms with van der Waals surface area (Å²) >= 11 is 1.72. The van der Waals surface area contributed by atoms with Gasteiger partial charge in [-0.1, -0.05) is 41.7 Å². The van der Waals surface area contributed by atoms with Gasteiger partial charge in [0.15, 0.2) is 5.13 Å². The smallest absolute Gasteiger partial charge is 0.270 e. The maximum absolute atomic E-state index is 13.0. The van der Waals surface area contributed by atoms with Gasteiger partial charge in [-0.2, -0.15) is 0 Å². The molecule has 2 aromatic heterocycles. The minimum atomic E-state index is 0.0904. The minimum Gasteiger partial charge on any atom is -0.350 e. The van der Waals surface area contributed by atoms with E-state index in [9.17, 15) is 4.79 Å². The number of aromatic nitrogens is 2. The van der Waals surface area contributed by atoms with Crippen molar-refractivity contribution in [2.24, 2.45) is 0 Å². The molecule has 2 aromatic carbocycles. The van der Waals surface area contributed by atoms with E-state index in [4.69, 9.17) is 4.98 Å². The highest BCUT2D eigenvalue weighted by Crippen LogP contribution is 2.29. The fourth-order valence-electron chi connectivity index (χ4n) is 3.75. The topological polar surface area (TPSA) is 52.2 Å². The lowest BCUT2D eigenvalue weighted by Gasteiger charge is -2.34. The lowest BCUT2D eigenvalue weighted by atomic mass is 10.1. The van der Waals surface area contributed by atoms with Crippen LogP contribution in [0.5, 0.6) is 0 Å². The number of aryl methyl sites for hydroxylation is 1. The number of nitrogens with one attached hydrogen (secondary N) is 1. The number of rotatable bonds is 2. The number of anilines is 1. The highest BCUT2D eigenvalue weighted by Gasteiger charge is 2.26. The first-order chi connectivity index (χ1) is 13.2. The highest BCUT2D eigenvalue weighted by molar-refractivity contribution is 7.22. The van der Waals surface area contributed by atoms with Crippen molar-refractivity contribution in [2.45, 2.75) is 6.92 Å². The van der Waals surface area contributed by atoms with E-state index in [0.717, 1.165) is 40.2 Å². The Hall–Kier alpha value is -2.86. The summed E-state index contributed by atoms with van der Waals surface area (Å²) in [4.78, 5) is 25.3. The normalized spacial score (nSPS) is 15.0. The van der Waals surface area contributed by atoms with Crippen molar-refractivity contribution in [1.29, 1.82) is 0 Å². The summed E-state index contributed by atoms with van der Waals surface area (Å²) in [6.45, 7) is 5.06. The lowest BCUT2D eigenvalue weighted by molar-refractivity contribution is 0.0741. The van der Waals surface area contributed by atoms with Gasteiger partial charge in [0.2, 0.25) is 0 Å². The Morgan fingerprint density at radius 1 is 1.04 bits per heavy atom. The van der Waals surface area contributed by atoms with Crippen molar-refractivity contribution in [1.82, 2.24) is 14.9 Å². The second-order valence-electron chi connectivity index (χ2n) is 6.91. The number of hydrogen-bond donors (Lipinski definition) is 1. The summed E-state index contributed by atoms with van der Waals surface area (Å²) in [5.41, 5.74) is 3.81. The van der Waals surface area contributed by atoms with Crippen molar-refractivity contribution >= 4 is 43.5 Å². The molecule has 1 fully saturated rings. The predicted octanol–water partition coefficient (Wildman–Crippen LogP) is 4.05. The Kier molecular flexibility index (Phi) is 3.86. The van der Waals surface area contributed by atoms with E-state index < -0.39 is 0 Å². The maximum Gasteiger partial charge on any atom is 0.270 e. The summed E-state index contributed by atoms with van der Waals surface area (Å²) in [5, 5.41) is 2.17. The largest absolute Gasteiger partial charge is 0.350 e. The van der Waals surface area contributed by atoms with E-state index in [1.807, 2.05) is 48.2 Å². The molecule has 1 aliphatic heterocycles. The van der Waals surface area contributed by atoms with E-state index in [2.05, 4.69) is 22.0 Å². The Morgan fingerprint density at radius 2 is 1.78 bits per heavy atom. The van der Waals surface area contributed by atoms with Crippen LogP contribution in [0.3, 0.4) is 0 Å². The first-order valence-electron chi connectivity index (χ1n) is 9.18. The van der Waals surface area contributed by atoms with Gasteiger partial charge in [0, 0.05) is 37.1 Å². The molecule has 1 saturated heterocycles. The van der Waals surface area contributed by atoms with Gasteiger partial charge in [0.05, 0.1) is 10.2 Å². The zero-order chi connectivity index (χ0) is 18.4. The van der Waals surface area contributed by atoms with E-state index in [1.165, 1.54) is 4.70 Å². The number of H-pyrrole nitrogens is 1. The third kappa shape index (κ3) is 2.77. The third-order valence-electron chi connectivity index (χ3n) is 5.30. The van der Waals surface area contributed by atoms with Gasteiger partial charge in [-0.15, -0.1) is 0 Å². The average molecular weight is 376 g/mol. The maximum atomic E-state index is 13.0. The van der Waals surface area contributed by atoms with E-state index in [0.29, 0.717) is 18.8 Å². The predicted molar refractivity (Wildman–Crippen MR) is 111 cm³/mol. The third-order valence-corrected chi connectivity index (χ3v) is 6.40. The lowest BCUT2D eigenvalue weighted by Crippen LogP contribution is -2.49. The van der Waals surface area contributed by atoms with Crippen LogP contribution in [0.2, 0.25) is 0 Å². The number of thiazole rings is 1. The monoisotopic (exact) mass is 376 g/mol. The molecule has 1 aliphatic rings. The van der Waals surface area contributed by atoms with Crippen LogP contribution >= 0.6 is 11.3 Å². The average Bonchev–Trinajstić information content (AvgIpc) is 3.29. The first kappa shape index (κ1) is 16.3. The van der Waals surface area contributed by atoms with Gasteiger partial charge in [-0.3, -0.25) is 4.79 Å². The fourth-order valence-corrected chi connectivity index (χ4v) is 4.77. The van der Waals surface area contributed by atoms with Crippen molar-refractivity contribution in [3.63, 3.8) is 0 Å². The quantitative estimate of drug-likeness (QED) is 0.574. The molecular weight excluding hydrogens is 356 g/mol. The van der Waals surface area contributed by atoms with E-state index >= 15 is 0 Å². The standard InChI is InChI=1S/C21H20N4OS/c1-14-15-6-2-3-7-16(15)22-19(14)20(26)24-10-12-25(13-11-24)21-23-17-8-4-5-9-18(17)27-21/h2-9,22H,10-13H2,1H3. The molecule has 0 spiro atoms. The molecule has 136 valence electrons. The molecule has 0 unspecified atom stereocenters. The summed E-state index contributed by atoms with van der Waals surface area (Å²) < 4.78 is 1.21. The molecule has 27 heavy (non-hydrogen) atoms. The van der Waals surface area contributed by atoms with Gasteiger partial charge in [-0.05, 0) is 30.7 Å². The summed E-state index contributed by atoms with van der Waals surface area (Å²) in [6.07, 6.45) is 0. The molecule has 1 N–H and O–H groups in total. The number of benzene rings is 2. The van der Waals surface area contributed by atoms with Gasteiger partial charge in [-0.25, -0.2) is 4.98 Å². The molecular formula is C21H20N4OS. The summed E-state index contributed by atoms with van der Waals surface area (Å²) in [5.74, 6) is 0.0904. The molecule has 3 heterocycles. The molecule has 6 heteroatoms. The molecule has 5 nitrogen and oxygen atoms in total. The van der Waals surface area contributed by atoms with Crippen molar-refractivity contribution in [3.05, 3.63) is 59.8 Å². The first-order valence-corrected chi connectivity index (χ1v) is 9.99. The number of fused-ring (bicyclic) bond motifs is 2. The van der Waals surface area contributed by atoms with E-state index in [-0.39, 0.29) is 5.91 Å². The second-order valence-corrected chi connectivity index (χ2v) is 7.92. The van der Waals surface area contributed by atoms with Crippen LogP contribution < -0.4 is 4.90 Å². The van der Waals surface area contributed by atoms with Crippen LogP contribution in [0.4, 0.5) is 5.13 Å². The molecule has 1 amide bonds. The van der Waals surface area contributed by atoms with Crippen LogP contribution in [-0.4, -0.2) is 47.0 Å². The van der Waals surface area contributed by atoms with Crippen LogP contribution in [-0.2, 0) is 0 Å². The van der Waals surface area contributed by atoms with Crippen LogP contribution in [0.25, 0.3) is 21.1 Å². The molecule has 0 atom stereocenters. The summed E-state index contributed by atoms with van der Waals surface area (Å²) in [7, 11) is 0. The fraction of sp³-hybridized carbons (Fsp3) is 0.238. The number of carbonyl (C=O) groups excluding carboxylic acids is 1. The zero-order valence-corrected chi connectivity index (χ0v) is 15.9. The molecule has 0 saturated carbocycles.